The molecule has 0 unspecified atom stereocenters. The number of aromatic nitrogens is 3. The highest BCUT2D eigenvalue weighted by molar-refractivity contribution is 5.95. The molecule has 3 heterocycles. The maximum absolute atomic E-state index is 12.9. The number of pyridine rings is 1. The molecule has 1 aliphatic rings. The van der Waals surface area contributed by atoms with E-state index < -0.39 is 0 Å². The van der Waals surface area contributed by atoms with Crippen LogP contribution >= 0.6 is 0 Å². The van der Waals surface area contributed by atoms with Crippen molar-refractivity contribution in [1.82, 2.24) is 24.6 Å². The van der Waals surface area contributed by atoms with Gasteiger partial charge in [0.15, 0.2) is 5.43 Å². The number of rotatable bonds is 7. The zero-order chi connectivity index (χ0) is 21.0. The van der Waals surface area contributed by atoms with E-state index in [0.717, 1.165) is 48.8 Å². The Kier molecular flexibility index (Phi) is 6.90. The van der Waals surface area contributed by atoms with Crippen molar-refractivity contribution in [2.24, 2.45) is 7.05 Å². The molecule has 0 bridgehead atoms. The van der Waals surface area contributed by atoms with Gasteiger partial charge in [-0.1, -0.05) is 13.3 Å². The van der Waals surface area contributed by atoms with Crippen molar-refractivity contribution in [3.05, 3.63) is 50.7 Å². The van der Waals surface area contributed by atoms with Crippen molar-refractivity contribution < 1.29 is 4.79 Å². The third kappa shape index (κ3) is 4.96. The summed E-state index contributed by atoms with van der Waals surface area (Å²) < 4.78 is 3.88. The van der Waals surface area contributed by atoms with Crippen LogP contribution in [0, 0.1) is 13.8 Å². The van der Waals surface area contributed by atoms with Crippen LogP contribution in [0.25, 0.3) is 0 Å². The average molecular weight is 400 g/mol. The number of carbonyl (C=O) groups excluding carboxylic acids is 1. The SMILES string of the molecule is CCc1c(C(=O)NCc2cn(C)nc2C)c(=O)cc(C)n1CCN1CCCCC1. The summed E-state index contributed by atoms with van der Waals surface area (Å²) in [4.78, 5) is 28.1. The second kappa shape index (κ2) is 9.39. The van der Waals surface area contributed by atoms with E-state index in [1.807, 2.05) is 34.0 Å². The number of hydrogen-bond donors (Lipinski definition) is 1. The lowest BCUT2D eigenvalue weighted by Crippen LogP contribution is -2.35. The molecule has 0 saturated carbocycles. The van der Waals surface area contributed by atoms with Crippen molar-refractivity contribution >= 4 is 5.91 Å². The number of likely N-dealkylation sites (tertiary alicyclic amines) is 1. The summed E-state index contributed by atoms with van der Waals surface area (Å²) >= 11 is 0. The van der Waals surface area contributed by atoms with Gasteiger partial charge in [0.2, 0.25) is 0 Å². The topological polar surface area (TPSA) is 72.2 Å². The molecular weight excluding hydrogens is 366 g/mol. The van der Waals surface area contributed by atoms with Crippen LogP contribution < -0.4 is 10.7 Å². The van der Waals surface area contributed by atoms with Crippen molar-refractivity contribution in [3.8, 4) is 0 Å². The summed E-state index contributed by atoms with van der Waals surface area (Å²) in [6.45, 7) is 10.3. The summed E-state index contributed by atoms with van der Waals surface area (Å²) in [5.74, 6) is -0.304. The number of carbonyl (C=O) groups is 1. The number of aryl methyl sites for hydroxylation is 3. The van der Waals surface area contributed by atoms with Crippen LogP contribution in [0.2, 0.25) is 0 Å². The second-order valence-corrected chi connectivity index (χ2v) is 7.98. The summed E-state index contributed by atoms with van der Waals surface area (Å²) in [5, 5.41) is 7.22. The standard InChI is InChI=1S/C22H33N5O2/c1-5-19-21(22(29)23-14-18-15-25(4)24-17(18)3)20(28)13-16(2)27(19)12-11-26-9-7-6-8-10-26/h13,15H,5-12,14H2,1-4H3,(H,23,29). The van der Waals surface area contributed by atoms with Gasteiger partial charge in [0.1, 0.15) is 5.56 Å². The van der Waals surface area contributed by atoms with Crippen LogP contribution in [0.3, 0.4) is 0 Å². The minimum Gasteiger partial charge on any atom is -0.348 e. The predicted octanol–water partition coefficient (Wildman–Crippen LogP) is 2.18. The maximum atomic E-state index is 12.9. The van der Waals surface area contributed by atoms with E-state index in [0.29, 0.717) is 13.0 Å². The van der Waals surface area contributed by atoms with Crippen LogP contribution in [-0.4, -0.2) is 44.8 Å². The molecule has 1 saturated heterocycles. The third-order valence-corrected chi connectivity index (χ3v) is 5.83. The number of piperidine rings is 1. The fourth-order valence-electron chi connectivity index (χ4n) is 4.26. The lowest BCUT2D eigenvalue weighted by Gasteiger charge is -2.28. The smallest absolute Gasteiger partial charge is 0.257 e. The van der Waals surface area contributed by atoms with Gasteiger partial charge in [-0.3, -0.25) is 14.3 Å². The first-order chi connectivity index (χ1) is 13.9. The lowest BCUT2D eigenvalue weighted by atomic mass is 10.1. The quantitative estimate of drug-likeness (QED) is 0.775. The monoisotopic (exact) mass is 399 g/mol. The summed E-state index contributed by atoms with van der Waals surface area (Å²) in [6.07, 6.45) is 6.36. The summed E-state index contributed by atoms with van der Waals surface area (Å²) in [5.41, 5.74) is 3.66. The van der Waals surface area contributed by atoms with E-state index in [-0.39, 0.29) is 16.9 Å². The van der Waals surface area contributed by atoms with Gasteiger partial charge in [0.05, 0.1) is 5.69 Å². The number of nitrogens with one attached hydrogen (secondary N) is 1. The molecule has 0 aromatic carbocycles. The van der Waals surface area contributed by atoms with E-state index in [2.05, 4.69) is 19.9 Å². The van der Waals surface area contributed by atoms with Crippen molar-refractivity contribution in [2.45, 2.75) is 59.5 Å². The van der Waals surface area contributed by atoms with Crippen LogP contribution in [0.15, 0.2) is 17.1 Å². The molecule has 0 spiro atoms. The molecule has 7 heteroatoms. The second-order valence-electron chi connectivity index (χ2n) is 7.98. The zero-order valence-corrected chi connectivity index (χ0v) is 18.1. The Balaban J connectivity index is 1.80. The molecule has 7 nitrogen and oxygen atoms in total. The number of hydrogen-bond acceptors (Lipinski definition) is 4. The molecular formula is C22H33N5O2. The van der Waals surface area contributed by atoms with E-state index in [1.54, 1.807) is 10.7 Å². The highest BCUT2D eigenvalue weighted by Crippen LogP contribution is 2.13. The Morgan fingerprint density at radius 1 is 1.17 bits per heavy atom. The van der Waals surface area contributed by atoms with E-state index in [4.69, 9.17) is 0 Å². The van der Waals surface area contributed by atoms with Gasteiger partial charge in [-0.15, -0.1) is 0 Å². The number of amides is 1. The van der Waals surface area contributed by atoms with Gasteiger partial charge in [-0.2, -0.15) is 5.10 Å². The Bertz CT molecular complexity index is 922. The van der Waals surface area contributed by atoms with Crippen LogP contribution in [0.4, 0.5) is 0 Å². The molecule has 0 radical (unpaired) electrons. The first kappa shape index (κ1) is 21.3. The lowest BCUT2D eigenvalue weighted by molar-refractivity contribution is 0.0947. The van der Waals surface area contributed by atoms with Gasteiger partial charge in [-0.25, -0.2) is 0 Å². The van der Waals surface area contributed by atoms with Crippen molar-refractivity contribution in [3.63, 3.8) is 0 Å². The highest BCUT2D eigenvalue weighted by Gasteiger charge is 2.20. The van der Waals surface area contributed by atoms with Crippen molar-refractivity contribution in [2.75, 3.05) is 19.6 Å². The highest BCUT2D eigenvalue weighted by atomic mass is 16.2. The first-order valence-corrected chi connectivity index (χ1v) is 10.6. The van der Waals surface area contributed by atoms with Crippen LogP contribution in [0.5, 0.6) is 0 Å². The normalized spacial score (nSPS) is 14.9. The largest absolute Gasteiger partial charge is 0.348 e. The average Bonchev–Trinajstić information content (AvgIpc) is 3.02. The van der Waals surface area contributed by atoms with E-state index in [1.165, 1.54) is 19.3 Å². The van der Waals surface area contributed by atoms with Gasteiger partial charge in [-0.05, 0) is 46.2 Å². The van der Waals surface area contributed by atoms with Gasteiger partial charge < -0.3 is 14.8 Å². The molecule has 1 aliphatic heterocycles. The summed E-state index contributed by atoms with van der Waals surface area (Å²) in [7, 11) is 1.86. The van der Waals surface area contributed by atoms with Crippen LogP contribution in [0.1, 0.15) is 59.2 Å². The first-order valence-electron chi connectivity index (χ1n) is 10.6. The van der Waals surface area contributed by atoms with Gasteiger partial charge >= 0.3 is 0 Å². The molecule has 3 rings (SSSR count). The Labute approximate surface area is 172 Å². The fraction of sp³-hybridized carbons (Fsp3) is 0.591. The maximum Gasteiger partial charge on any atom is 0.257 e. The third-order valence-electron chi connectivity index (χ3n) is 5.83. The van der Waals surface area contributed by atoms with E-state index in [9.17, 15) is 9.59 Å². The fourth-order valence-corrected chi connectivity index (χ4v) is 4.26. The van der Waals surface area contributed by atoms with Gasteiger partial charge in [0, 0.05) is 55.9 Å². The minimum atomic E-state index is -0.304. The molecule has 0 atom stereocenters. The summed E-state index contributed by atoms with van der Waals surface area (Å²) in [6, 6.07) is 1.60. The molecule has 2 aromatic heterocycles. The zero-order valence-electron chi connectivity index (χ0n) is 18.1. The molecule has 1 fully saturated rings. The Morgan fingerprint density at radius 3 is 2.52 bits per heavy atom. The molecule has 158 valence electrons. The molecule has 0 aliphatic carbocycles. The van der Waals surface area contributed by atoms with Gasteiger partial charge in [0.25, 0.3) is 5.91 Å². The Morgan fingerprint density at radius 2 is 1.90 bits per heavy atom. The molecule has 2 aromatic rings. The minimum absolute atomic E-state index is 0.200. The van der Waals surface area contributed by atoms with Crippen molar-refractivity contribution in [1.29, 1.82) is 0 Å². The predicted molar refractivity (Wildman–Crippen MR) is 114 cm³/mol. The number of nitrogens with zero attached hydrogens (tertiary/aromatic N) is 4. The molecule has 29 heavy (non-hydrogen) atoms. The Hall–Kier alpha value is -2.41. The molecule has 1 amide bonds. The van der Waals surface area contributed by atoms with Crippen LogP contribution in [-0.2, 0) is 26.6 Å². The molecule has 1 N–H and O–H groups in total. The van der Waals surface area contributed by atoms with E-state index >= 15 is 0 Å².